The number of esters is 1. The van der Waals surface area contributed by atoms with Crippen LogP contribution in [0.2, 0.25) is 0 Å². The number of nitrogens with two attached hydrogens (primary N) is 1. The lowest BCUT2D eigenvalue weighted by Crippen LogP contribution is -2.34. The number of hydrogen-bond acceptors (Lipinski definition) is 11. The average molecular weight is 915 g/mol. The van der Waals surface area contributed by atoms with Gasteiger partial charge in [0, 0.05) is 30.2 Å². The number of unbranched alkanes of at least 4 members (excludes halogenated alkanes) is 4. The first-order valence-electron chi connectivity index (χ1n) is 24.4. The molecule has 1 aliphatic heterocycles. The highest BCUT2D eigenvalue weighted by Crippen LogP contribution is 2.36. The SMILES string of the molecule is CCCCC(CC)CN(CC(CC)CCCC)c1ccc(N=NC(C)SC(/C=C/C2=C(C#N)C(=C(C#N)C#N)N(CCCCOC(=O)C(CC)CCCC)C2=O)=C(\N)c2ccccc2)cc1. The Kier molecular flexibility index (Phi) is 25.3. The first-order valence-corrected chi connectivity index (χ1v) is 25.2. The van der Waals surface area contributed by atoms with E-state index in [1.807, 2.05) is 68.5 Å². The zero-order chi connectivity index (χ0) is 48.3. The first-order chi connectivity index (χ1) is 32.0. The standard InChI is InChI=1S/C54H74N8O3S/c1-8-14-22-41(11-4)38-61(39-42(12-5)23-15-9-2)47-29-27-46(28-30-47)60-59-40(7)66-50(51(58)44-25-18-17-19-26-44)32-31-48-49(37-57)52(45(35-55)36-56)62(53(48)63)33-20-21-34-65-54(64)43(13-6)24-16-10-3/h17-19,25-32,40-43H,8-16,20-24,33-34,38-39,58H2,1-7H3/b32-31+,51-50-,60-59?. The summed E-state index contributed by atoms with van der Waals surface area (Å²) in [6.45, 7) is 17.5. The lowest BCUT2D eigenvalue weighted by atomic mass is 9.95. The van der Waals surface area contributed by atoms with E-state index in [-0.39, 0.29) is 47.5 Å². The topological polar surface area (TPSA) is 172 Å². The molecule has 0 bridgehead atoms. The summed E-state index contributed by atoms with van der Waals surface area (Å²) in [6.07, 6.45) is 17.3. The Morgan fingerprint density at radius 2 is 1.44 bits per heavy atom. The molecule has 4 unspecified atom stereocenters. The van der Waals surface area contributed by atoms with Gasteiger partial charge >= 0.3 is 5.97 Å². The van der Waals surface area contributed by atoms with Crippen molar-refractivity contribution in [2.75, 3.05) is 31.1 Å². The first kappa shape index (κ1) is 54.7. The summed E-state index contributed by atoms with van der Waals surface area (Å²) < 4.78 is 5.56. The van der Waals surface area contributed by atoms with Crippen molar-refractivity contribution in [2.45, 2.75) is 144 Å². The van der Waals surface area contributed by atoms with Crippen molar-refractivity contribution in [3.63, 3.8) is 0 Å². The maximum atomic E-state index is 14.1. The average Bonchev–Trinajstić information content (AvgIpc) is 3.61. The van der Waals surface area contributed by atoms with Crippen molar-refractivity contribution in [2.24, 2.45) is 33.7 Å². The van der Waals surface area contributed by atoms with Crippen LogP contribution in [0.25, 0.3) is 5.70 Å². The molecule has 1 amide bonds. The van der Waals surface area contributed by atoms with Gasteiger partial charge in [-0.1, -0.05) is 135 Å². The van der Waals surface area contributed by atoms with Crippen molar-refractivity contribution >= 4 is 40.7 Å². The molecule has 66 heavy (non-hydrogen) atoms. The molecule has 2 aromatic carbocycles. The second-order valence-corrected chi connectivity index (χ2v) is 18.4. The highest BCUT2D eigenvalue weighted by atomic mass is 32.2. The molecular formula is C54H74N8O3S. The van der Waals surface area contributed by atoms with Crippen molar-refractivity contribution < 1.29 is 14.3 Å². The summed E-state index contributed by atoms with van der Waals surface area (Å²) in [7, 11) is 0. The second kappa shape index (κ2) is 30.5. The van der Waals surface area contributed by atoms with Crippen LogP contribution in [0, 0.1) is 51.7 Å². The van der Waals surface area contributed by atoms with Crippen LogP contribution in [0.4, 0.5) is 11.4 Å². The molecule has 1 heterocycles. The third kappa shape index (κ3) is 17.0. The monoisotopic (exact) mass is 915 g/mol. The molecule has 0 saturated carbocycles. The van der Waals surface area contributed by atoms with E-state index in [2.05, 4.69) is 67.9 Å². The van der Waals surface area contributed by atoms with Gasteiger partial charge < -0.3 is 20.3 Å². The van der Waals surface area contributed by atoms with Crippen LogP contribution in [0.3, 0.4) is 0 Å². The third-order valence-corrected chi connectivity index (χ3v) is 13.3. The van der Waals surface area contributed by atoms with Gasteiger partial charge in [0.15, 0.2) is 5.57 Å². The Morgan fingerprint density at radius 1 is 0.833 bits per heavy atom. The smallest absolute Gasteiger partial charge is 0.308 e. The summed E-state index contributed by atoms with van der Waals surface area (Å²) in [5.74, 6) is 0.413. The predicted molar refractivity (Wildman–Crippen MR) is 270 cm³/mol. The van der Waals surface area contributed by atoms with Gasteiger partial charge in [-0.2, -0.15) is 26.0 Å². The molecule has 3 rings (SSSR count). The minimum absolute atomic E-state index is 0.0244. The van der Waals surface area contributed by atoms with E-state index in [9.17, 15) is 25.4 Å². The van der Waals surface area contributed by atoms with Crippen molar-refractivity contribution in [1.29, 1.82) is 15.8 Å². The lowest BCUT2D eigenvalue weighted by Gasteiger charge is -2.32. The Balaban J connectivity index is 1.87. The highest BCUT2D eigenvalue weighted by Gasteiger charge is 2.36. The minimum Gasteiger partial charge on any atom is -0.465 e. The molecule has 0 fully saturated rings. The predicted octanol–water partition coefficient (Wildman–Crippen LogP) is 13.5. The largest absolute Gasteiger partial charge is 0.465 e. The number of rotatable bonds is 30. The van der Waals surface area contributed by atoms with E-state index in [4.69, 9.17) is 10.5 Å². The molecule has 0 aromatic heterocycles. The van der Waals surface area contributed by atoms with Gasteiger partial charge in [0.25, 0.3) is 5.91 Å². The van der Waals surface area contributed by atoms with E-state index < -0.39 is 11.3 Å². The van der Waals surface area contributed by atoms with Crippen LogP contribution in [-0.2, 0) is 14.3 Å². The Labute approximate surface area is 400 Å². The molecule has 12 heteroatoms. The van der Waals surface area contributed by atoms with Crippen LogP contribution in [0.1, 0.15) is 144 Å². The zero-order valence-electron chi connectivity index (χ0n) is 40.7. The van der Waals surface area contributed by atoms with Gasteiger partial charge in [-0.15, -0.1) is 0 Å². The summed E-state index contributed by atoms with van der Waals surface area (Å²) in [6, 6.07) is 23.6. The van der Waals surface area contributed by atoms with E-state index in [0.717, 1.165) is 56.4 Å². The van der Waals surface area contributed by atoms with Crippen LogP contribution in [0.15, 0.2) is 104 Å². The van der Waals surface area contributed by atoms with Gasteiger partial charge in [0.1, 0.15) is 23.6 Å². The maximum Gasteiger partial charge on any atom is 0.308 e. The number of carbonyl (C=O) groups is 2. The van der Waals surface area contributed by atoms with Crippen molar-refractivity contribution in [1.82, 2.24) is 4.90 Å². The van der Waals surface area contributed by atoms with E-state index in [1.165, 1.54) is 67.0 Å². The number of ether oxygens (including phenoxy) is 1. The fraction of sp³-hybridized carbons (Fsp3) is 0.537. The van der Waals surface area contributed by atoms with Crippen LogP contribution >= 0.6 is 11.8 Å². The molecular weight excluding hydrogens is 841 g/mol. The highest BCUT2D eigenvalue weighted by molar-refractivity contribution is 8.04. The van der Waals surface area contributed by atoms with Crippen molar-refractivity contribution in [3.05, 3.63) is 99.6 Å². The number of carbonyl (C=O) groups excluding carboxylic acids is 2. The molecule has 0 saturated heterocycles. The Morgan fingerprint density at radius 3 is 1.98 bits per heavy atom. The normalized spacial score (nSPS) is 15.0. The minimum atomic E-state index is -0.516. The van der Waals surface area contributed by atoms with Gasteiger partial charge in [-0.05, 0) is 99.3 Å². The zero-order valence-corrected chi connectivity index (χ0v) is 41.5. The van der Waals surface area contributed by atoms with E-state index in [0.29, 0.717) is 41.7 Å². The van der Waals surface area contributed by atoms with E-state index in [1.54, 1.807) is 6.08 Å². The van der Waals surface area contributed by atoms with Gasteiger partial charge in [-0.3, -0.25) is 9.59 Å². The number of azo groups is 1. The summed E-state index contributed by atoms with van der Waals surface area (Å²) in [5, 5.41) is 39.0. The molecule has 0 aliphatic carbocycles. The summed E-state index contributed by atoms with van der Waals surface area (Å²) >= 11 is 1.36. The van der Waals surface area contributed by atoms with Crippen molar-refractivity contribution in [3.8, 4) is 18.2 Å². The number of hydrogen-bond donors (Lipinski definition) is 1. The number of anilines is 1. The fourth-order valence-corrected chi connectivity index (χ4v) is 8.88. The summed E-state index contributed by atoms with van der Waals surface area (Å²) in [5.41, 5.74) is 9.55. The van der Waals surface area contributed by atoms with Gasteiger partial charge in [0.05, 0.1) is 40.8 Å². The number of benzene rings is 2. The van der Waals surface area contributed by atoms with Crippen LogP contribution in [-0.4, -0.2) is 48.4 Å². The molecule has 354 valence electrons. The molecule has 2 N–H and O–H groups in total. The molecule has 0 spiro atoms. The third-order valence-electron chi connectivity index (χ3n) is 12.2. The Bertz CT molecular complexity index is 2090. The molecule has 4 atom stereocenters. The van der Waals surface area contributed by atoms with Gasteiger partial charge in [0.2, 0.25) is 0 Å². The molecule has 11 nitrogen and oxygen atoms in total. The second-order valence-electron chi connectivity index (χ2n) is 17.1. The fourth-order valence-electron chi connectivity index (χ4n) is 8.03. The quantitative estimate of drug-likeness (QED) is 0.0263. The summed E-state index contributed by atoms with van der Waals surface area (Å²) in [4.78, 5) is 31.2. The molecule has 1 aliphatic rings. The van der Waals surface area contributed by atoms with Gasteiger partial charge in [-0.25, -0.2) is 0 Å². The van der Waals surface area contributed by atoms with Crippen LogP contribution in [0.5, 0.6) is 0 Å². The number of amides is 1. The maximum absolute atomic E-state index is 14.1. The van der Waals surface area contributed by atoms with E-state index >= 15 is 0 Å². The lowest BCUT2D eigenvalue weighted by molar-refractivity contribution is -0.149. The molecule has 0 radical (unpaired) electrons. The van der Waals surface area contributed by atoms with Crippen LogP contribution < -0.4 is 10.6 Å². The Hall–Kier alpha value is -5.64. The number of nitrogens with zero attached hydrogens (tertiary/aromatic N) is 7. The number of allylic oxidation sites excluding steroid dienone is 3. The number of thioether (sulfide) groups is 1. The molecule has 2 aromatic rings. The number of nitriles is 3.